The van der Waals surface area contributed by atoms with Crippen molar-refractivity contribution in [3.63, 3.8) is 0 Å². The molecule has 1 aromatic heterocycles. The summed E-state index contributed by atoms with van der Waals surface area (Å²) >= 11 is 0. The van der Waals surface area contributed by atoms with Gasteiger partial charge in [0.05, 0.1) is 4.75 Å². The molecular formula is C13H21N3O3S2. The van der Waals surface area contributed by atoms with Crippen molar-refractivity contribution < 1.29 is 12.6 Å². The van der Waals surface area contributed by atoms with E-state index in [4.69, 9.17) is 5.14 Å². The molecule has 0 saturated carbocycles. The van der Waals surface area contributed by atoms with Crippen LogP contribution in [0.15, 0.2) is 23.2 Å². The minimum atomic E-state index is -3.83. The molecule has 0 radical (unpaired) electrons. The second-order valence-electron chi connectivity index (χ2n) is 5.23. The van der Waals surface area contributed by atoms with Crippen molar-refractivity contribution in [2.75, 3.05) is 23.7 Å². The second kappa shape index (κ2) is 6.02. The Morgan fingerprint density at radius 3 is 2.67 bits per heavy atom. The molecule has 2 heterocycles. The lowest BCUT2D eigenvalue weighted by molar-refractivity contribution is 0.493. The van der Waals surface area contributed by atoms with E-state index >= 15 is 0 Å². The predicted molar refractivity (Wildman–Crippen MR) is 84.1 cm³/mol. The smallest absolute Gasteiger partial charge is 0.241 e. The lowest BCUT2D eigenvalue weighted by Gasteiger charge is -2.42. The SMILES string of the molecule is CCC1(CC)CN(c2ncccc2S(N)(=O)=O)CCS1=O. The van der Waals surface area contributed by atoms with Gasteiger partial charge in [0.1, 0.15) is 10.7 Å². The monoisotopic (exact) mass is 331 g/mol. The van der Waals surface area contributed by atoms with Crippen LogP contribution >= 0.6 is 0 Å². The van der Waals surface area contributed by atoms with E-state index in [-0.39, 0.29) is 9.64 Å². The third-order valence-electron chi connectivity index (χ3n) is 4.15. The number of aromatic nitrogens is 1. The molecular weight excluding hydrogens is 310 g/mol. The Kier molecular flexibility index (Phi) is 4.69. The summed E-state index contributed by atoms with van der Waals surface area (Å²) in [7, 11) is -4.74. The van der Waals surface area contributed by atoms with Crippen molar-refractivity contribution in [1.29, 1.82) is 0 Å². The summed E-state index contributed by atoms with van der Waals surface area (Å²) in [5.74, 6) is 0.880. The van der Waals surface area contributed by atoms with Crippen LogP contribution in [0.2, 0.25) is 0 Å². The summed E-state index contributed by atoms with van der Waals surface area (Å²) in [6, 6.07) is 3.01. The van der Waals surface area contributed by atoms with Crippen LogP contribution < -0.4 is 10.0 Å². The lowest BCUT2D eigenvalue weighted by Crippen LogP contribution is -2.53. The number of primary sulfonamides is 1. The third-order valence-corrected chi connectivity index (χ3v) is 7.31. The standard InChI is InChI=1S/C13H21N3O3S2/c1-3-13(4-2)10-16(8-9-20(13)17)12-11(21(14,18)19)6-5-7-15-12/h5-7H,3-4,8-10H2,1-2H3,(H2,14,18,19). The molecule has 1 aliphatic rings. The molecule has 6 nitrogen and oxygen atoms in total. The van der Waals surface area contributed by atoms with Gasteiger partial charge in [-0.1, -0.05) is 13.8 Å². The highest BCUT2D eigenvalue weighted by Crippen LogP contribution is 2.32. The van der Waals surface area contributed by atoms with Crippen molar-refractivity contribution in [1.82, 2.24) is 4.98 Å². The van der Waals surface area contributed by atoms with Crippen LogP contribution in [0.25, 0.3) is 0 Å². The summed E-state index contributed by atoms with van der Waals surface area (Å²) in [5, 5.41) is 5.27. The molecule has 0 aliphatic carbocycles. The van der Waals surface area contributed by atoms with E-state index in [1.807, 2.05) is 18.7 Å². The number of hydrogen-bond acceptors (Lipinski definition) is 5. The van der Waals surface area contributed by atoms with Gasteiger partial charge in [0.25, 0.3) is 0 Å². The van der Waals surface area contributed by atoms with Crippen LogP contribution in [-0.4, -0.2) is 41.2 Å². The summed E-state index contributed by atoms with van der Waals surface area (Å²) < 4.78 is 35.5. The molecule has 8 heteroatoms. The average Bonchev–Trinajstić information content (AvgIpc) is 2.47. The molecule has 1 saturated heterocycles. The molecule has 21 heavy (non-hydrogen) atoms. The van der Waals surface area contributed by atoms with Crippen LogP contribution in [0.4, 0.5) is 5.82 Å². The number of nitrogens with two attached hydrogens (primary N) is 1. The van der Waals surface area contributed by atoms with E-state index in [1.54, 1.807) is 12.3 Å². The zero-order chi connectivity index (χ0) is 15.7. The van der Waals surface area contributed by atoms with Crippen molar-refractivity contribution in [2.24, 2.45) is 5.14 Å². The average molecular weight is 331 g/mol. The predicted octanol–water partition coefficient (Wildman–Crippen LogP) is 0.857. The molecule has 2 rings (SSSR count). The molecule has 1 aromatic rings. The Morgan fingerprint density at radius 1 is 1.43 bits per heavy atom. The van der Waals surface area contributed by atoms with Gasteiger partial charge in [-0.15, -0.1) is 0 Å². The van der Waals surface area contributed by atoms with Gasteiger partial charge < -0.3 is 4.90 Å². The highest BCUT2D eigenvalue weighted by molar-refractivity contribution is 7.89. The van der Waals surface area contributed by atoms with Gasteiger partial charge in [0, 0.05) is 35.8 Å². The van der Waals surface area contributed by atoms with Crippen LogP contribution in [0.5, 0.6) is 0 Å². The van der Waals surface area contributed by atoms with Gasteiger partial charge >= 0.3 is 0 Å². The van der Waals surface area contributed by atoms with Crippen molar-refractivity contribution >= 4 is 26.6 Å². The Morgan fingerprint density at radius 2 is 2.10 bits per heavy atom. The van der Waals surface area contributed by atoms with Gasteiger partial charge in [0.15, 0.2) is 0 Å². The maximum absolute atomic E-state index is 12.4. The number of anilines is 1. The van der Waals surface area contributed by atoms with E-state index in [0.29, 0.717) is 24.7 Å². The fourth-order valence-corrected chi connectivity index (χ4v) is 5.19. The molecule has 0 bridgehead atoms. The Balaban J connectivity index is 2.43. The fraction of sp³-hybridized carbons (Fsp3) is 0.615. The van der Waals surface area contributed by atoms with Gasteiger partial charge in [-0.05, 0) is 25.0 Å². The minimum Gasteiger partial charge on any atom is -0.353 e. The van der Waals surface area contributed by atoms with Gasteiger partial charge in [-0.2, -0.15) is 0 Å². The normalized spacial score (nSPS) is 22.2. The molecule has 0 amide bonds. The summed E-state index contributed by atoms with van der Waals surface area (Å²) in [6.07, 6.45) is 3.11. The molecule has 118 valence electrons. The molecule has 2 N–H and O–H groups in total. The van der Waals surface area contributed by atoms with Crippen molar-refractivity contribution in [3.05, 3.63) is 18.3 Å². The summed E-state index contributed by atoms with van der Waals surface area (Å²) in [6.45, 7) is 5.09. The highest BCUT2D eigenvalue weighted by atomic mass is 32.2. The Bertz CT molecular complexity index is 642. The van der Waals surface area contributed by atoms with Crippen LogP contribution in [-0.2, 0) is 20.8 Å². The zero-order valence-corrected chi connectivity index (χ0v) is 13.9. The number of pyridine rings is 1. The Labute approximate surface area is 128 Å². The molecule has 0 aromatic carbocycles. The molecule has 1 fully saturated rings. The quantitative estimate of drug-likeness (QED) is 0.883. The minimum absolute atomic E-state index is 0.0267. The summed E-state index contributed by atoms with van der Waals surface area (Å²) in [4.78, 5) is 6.12. The maximum Gasteiger partial charge on any atom is 0.241 e. The maximum atomic E-state index is 12.4. The second-order valence-corrected chi connectivity index (χ2v) is 8.73. The fourth-order valence-electron chi connectivity index (χ4n) is 2.73. The summed E-state index contributed by atoms with van der Waals surface area (Å²) in [5.41, 5.74) is 0. The van der Waals surface area contributed by atoms with E-state index in [9.17, 15) is 12.6 Å². The van der Waals surface area contributed by atoms with Gasteiger partial charge in [0.2, 0.25) is 10.0 Å². The topological polar surface area (TPSA) is 93.4 Å². The molecule has 1 aliphatic heterocycles. The zero-order valence-electron chi connectivity index (χ0n) is 12.3. The molecule has 0 spiro atoms. The molecule has 1 unspecified atom stereocenters. The van der Waals surface area contributed by atoms with Crippen molar-refractivity contribution in [3.8, 4) is 0 Å². The first-order valence-corrected chi connectivity index (χ1v) is 9.82. The first-order chi connectivity index (χ1) is 9.84. The van der Waals surface area contributed by atoms with E-state index in [1.165, 1.54) is 6.07 Å². The number of sulfonamides is 1. The first-order valence-electron chi connectivity index (χ1n) is 6.95. The highest BCUT2D eigenvalue weighted by Gasteiger charge is 2.40. The first kappa shape index (κ1) is 16.4. The lowest BCUT2D eigenvalue weighted by atomic mass is 10.0. The molecule has 1 atom stereocenters. The van der Waals surface area contributed by atoms with Crippen LogP contribution in [0, 0.1) is 0 Å². The van der Waals surface area contributed by atoms with Gasteiger partial charge in [-0.25, -0.2) is 18.5 Å². The van der Waals surface area contributed by atoms with Crippen LogP contribution in [0.3, 0.4) is 0 Å². The number of rotatable bonds is 4. The van der Waals surface area contributed by atoms with E-state index in [0.717, 1.165) is 12.8 Å². The number of nitrogens with zero attached hydrogens (tertiary/aromatic N) is 2. The van der Waals surface area contributed by atoms with Gasteiger partial charge in [-0.3, -0.25) is 4.21 Å². The third kappa shape index (κ3) is 3.12. The van der Waals surface area contributed by atoms with Crippen LogP contribution in [0.1, 0.15) is 26.7 Å². The van der Waals surface area contributed by atoms with Crippen molar-refractivity contribution in [2.45, 2.75) is 36.3 Å². The van der Waals surface area contributed by atoms with E-state index in [2.05, 4.69) is 4.98 Å². The number of hydrogen-bond donors (Lipinski definition) is 1. The Hall–Kier alpha value is -0.990. The van der Waals surface area contributed by atoms with E-state index < -0.39 is 20.8 Å². The largest absolute Gasteiger partial charge is 0.353 e.